The molecule has 1 aromatic carbocycles. The Morgan fingerprint density at radius 1 is 1.19 bits per heavy atom. The number of carbonyl (C=O) groups excluding carboxylic acids is 1. The molecule has 0 saturated heterocycles. The zero-order valence-electron chi connectivity index (χ0n) is 12.1. The Labute approximate surface area is 124 Å². The molecular formula is C15H22N2O4. The molecule has 2 unspecified atom stereocenters. The van der Waals surface area contributed by atoms with Gasteiger partial charge in [-0.05, 0) is 25.0 Å². The minimum absolute atomic E-state index is 0.382. The third-order valence-electron chi connectivity index (χ3n) is 3.53. The van der Waals surface area contributed by atoms with Crippen LogP contribution in [0.25, 0.3) is 0 Å². The Balaban J connectivity index is 0.000000235. The SMILES string of the molecule is COC(=O)C1CCCCC1C(=O)O.NNc1ccccc1. The molecule has 4 N–H and O–H groups in total. The maximum Gasteiger partial charge on any atom is 0.309 e. The van der Waals surface area contributed by atoms with Crippen LogP contribution < -0.4 is 11.3 Å². The van der Waals surface area contributed by atoms with Gasteiger partial charge in [-0.15, -0.1) is 0 Å². The van der Waals surface area contributed by atoms with E-state index in [1.807, 2.05) is 30.3 Å². The van der Waals surface area contributed by atoms with E-state index in [1.165, 1.54) is 7.11 Å². The lowest BCUT2D eigenvalue weighted by molar-refractivity contribution is -0.157. The number of esters is 1. The zero-order chi connectivity index (χ0) is 15.7. The van der Waals surface area contributed by atoms with Crippen molar-refractivity contribution in [3.8, 4) is 0 Å². The fourth-order valence-electron chi connectivity index (χ4n) is 2.39. The number of nitrogens with one attached hydrogen (secondary N) is 1. The molecule has 116 valence electrons. The number of rotatable bonds is 3. The van der Waals surface area contributed by atoms with Crippen LogP contribution in [0.15, 0.2) is 30.3 Å². The number of benzene rings is 1. The average Bonchev–Trinajstić information content (AvgIpc) is 2.55. The van der Waals surface area contributed by atoms with Crippen LogP contribution in [0.3, 0.4) is 0 Å². The van der Waals surface area contributed by atoms with Crippen LogP contribution in [-0.2, 0) is 14.3 Å². The second kappa shape index (κ2) is 8.97. The lowest BCUT2D eigenvalue weighted by Crippen LogP contribution is -2.33. The summed E-state index contributed by atoms with van der Waals surface area (Å²) in [4.78, 5) is 22.0. The zero-order valence-corrected chi connectivity index (χ0v) is 12.1. The number of methoxy groups -OCH3 is 1. The van der Waals surface area contributed by atoms with Crippen LogP contribution in [-0.4, -0.2) is 24.2 Å². The molecule has 2 atom stereocenters. The van der Waals surface area contributed by atoms with Gasteiger partial charge in [0.2, 0.25) is 0 Å². The number of carboxylic acid groups (broad SMARTS) is 1. The van der Waals surface area contributed by atoms with E-state index in [1.54, 1.807) is 0 Å². The third kappa shape index (κ3) is 5.43. The lowest BCUT2D eigenvalue weighted by Gasteiger charge is -2.25. The number of nitrogens with two attached hydrogens (primary N) is 1. The van der Waals surface area contributed by atoms with Crippen molar-refractivity contribution in [1.82, 2.24) is 0 Å². The van der Waals surface area contributed by atoms with Crippen molar-refractivity contribution in [1.29, 1.82) is 0 Å². The number of hydrazine groups is 1. The maximum atomic E-state index is 11.2. The quantitative estimate of drug-likeness (QED) is 0.448. The van der Waals surface area contributed by atoms with Gasteiger partial charge < -0.3 is 15.3 Å². The van der Waals surface area contributed by atoms with E-state index in [2.05, 4.69) is 10.2 Å². The highest BCUT2D eigenvalue weighted by Gasteiger charge is 2.36. The van der Waals surface area contributed by atoms with Crippen LogP contribution in [0.4, 0.5) is 5.69 Å². The smallest absolute Gasteiger partial charge is 0.309 e. The number of hydrogen-bond acceptors (Lipinski definition) is 5. The van der Waals surface area contributed by atoms with Gasteiger partial charge in [-0.25, -0.2) is 0 Å². The molecule has 21 heavy (non-hydrogen) atoms. The summed E-state index contributed by atoms with van der Waals surface area (Å²) < 4.78 is 4.57. The van der Waals surface area contributed by atoms with E-state index in [0.717, 1.165) is 18.5 Å². The van der Waals surface area contributed by atoms with Gasteiger partial charge in [0, 0.05) is 5.69 Å². The number of aliphatic carboxylic acids is 1. The minimum Gasteiger partial charge on any atom is -0.481 e. The van der Waals surface area contributed by atoms with Gasteiger partial charge >= 0.3 is 11.9 Å². The summed E-state index contributed by atoms with van der Waals surface area (Å²) in [5.41, 5.74) is 3.46. The lowest BCUT2D eigenvalue weighted by atomic mass is 9.79. The largest absolute Gasteiger partial charge is 0.481 e. The Hall–Kier alpha value is -2.08. The molecule has 0 heterocycles. The van der Waals surface area contributed by atoms with Crippen LogP contribution in [0.1, 0.15) is 25.7 Å². The monoisotopic (exact) mass is 294 g/mol. The summed E-state index contributed by atoms with van der Waals surface area (Å²) in [5, 5.41) is 8.85. The summed E-state index contributed by atoms with van der Waals surface area (Å²) in [6.07, 6.45) is 3.05. The summed E-state index contributed by atoms with van der Waals surface area (Å²) in [5.74, 6) is 2.86. The second-order valence-electron chi connectivity index (χ2n) is 4.87. The van der Waals surface area contributed by atoms with E-state index < -0.39 is 17.8 Å². The second-order valence-corrected chi connectivity index (χ2v) is 4.87. The Morgan fingerprint density at radius 3 is 2.19 bits per heavy atom. The van der Waals surface area contributed by atoms with Crippen LogP contribution in [0.5, 0.6) is 0 Å². The van der Waals surface area contributed by atoms with Gasteiger partial charge in [-0.3, -0.25) is 15.4 Å². The van der Waals surface area contributed by atoms with E-state index in [-0.39, 0.29) is 5.97 Å². The van der Waals surface area contributed by atoms with Crippen LogP contribution in [0, 0.1) is 11.8 Å². The van der Waals surface area contributed by atoms with Crippen LogP contribution in [0.2, 0.25) is 0 Å². The van der Waals surface area contributed by atoms with E-state index >= 15 is 0 Å². The van der Waals surface area contributed by atoms with Gasteiger partial charge in [0.05, 0.1) is 18.9 Å². The standard InChI is InChI=1S/C9H14O4.C6H8N2/c1-13-9(12)7-5-3-2-4-6(7)8(10)11;7-8-6-4-2-1-3-5-6/h6-7H,2-5H2,1H3,(H,10,11);1-5,8H,7H2. The molecule has 0 radical (unpaired) electrons. The topological polar surface area (TPSA) is 102 Å². The third-order valence-corrected chi connectivity index (χ3v) is 3.53. The molecule has 0 spiro atoms. The number of carbonyl (C=O) groups is 2. The first-order valence-electron chi connectivity index (χ1n) is 6.92. The molecule has 0 amide bonds. The number of nitrogen functional groups attached to an aromatic ring is 1. The van der Waals surface area contributed by atoms with Crippen molar-refractivity contribution in [2.45, 2.75) is 25.7 Å². The first kappa shape index (κ1) is 17.0. The molecule has 6 heteroatoms. The first-order valence-corrected chi connectivity index (χ1v) is 6.92. The van der Waals surface area contributed by atoms with Crippen LogP contribution >= 0.6 is 0 Å². The van der Waals surface area contributed by atoms with Gasteiger partial charge in [0.1, 0.15) is 0 Å². The number of para-hydroxylation sites is 1. The van der Waals surface area contributed by atoms with Crippen molar-refractivity contribution in [3.05, 3.63) is 30.3 Å². The highest BCUT2D eigenvalue weighted by molar-refractivity contribution is 5.81. The van der Waals surface area contributed by atoms with Gasteiger partial charge in [-0.2, -0.15) is 0 Å². The van der Waals surface area contributed by atoms with Crippen molar-refractivity contribution < 1.29 is 19.4 Å². The Bertz CT molecular complexity index is 450. The summed E-state index contributed by atoms with van der Waals surface area (Å²) >= 11 is 0. The summed E-state index contributed by atoms with van der Waals surface area (Å²) in [7, 11) is 1.30. The molecule has 1 aromatic rings. The fourth-order valence-corrected chi connectivity index (χ4v) is 2.39. The van der Waals surface area contributed by atoms with Gasteiger partial charge in [0.25, 0.3) is 0 Å². The molecule has 0 bridgehead atoms. The number of ether oxygens (including phenoxy) is 1. The van der Waals surface area contributed by atoms with Crippen molar-refractivity contribution in [2.75, 3.05) is 12.5 Å². The molecule has 0 aliphatic heterocycles. The Kier molecular flexibility index (Phi) is 7.25. The number of carboxylic acids is 1. The summed E-state index contributed by atoms with van der Waals surface area (Å²) in [6, 6.07) is 9.60. The maximum absolute atomic E-state index is 11.2. The predicted octanol–water partition coefficient (Wildman–Crippen LogP) is 2.02. The van der Waals surface area contributed by atoms with E-state index in [4.69, 9.17) is 10.9 Å². The number of anilines is 1. The van der Waals surface area contributed by atoms with Gasteiger partial charge in [-0.1, -0.05) is 31.0 Å². The molecule has 1 fully saturated rings. The molecule has 2 rings (SSSR count). The molecule has 6 nitrogen and oxygen atoms in total. The molecule has 1 saturated carbocycles. The summed E-state index contributed by atoms with van der Waals surface area (Å²) in [6.45, 7) is 0. The Morgan fingerprint density at radius 2 is 1.76 bits per heavy atom. The average molecular weight is 294 g/mol. The predicted molar refractivity (Wildman–Crippen MR) is 79.4 cm³/mol. The van der Waals surface area contributed by atoms with E-state index in [0.29, 0.717) is 12.8 Å². The molecule has 1 aliphatic rings. The molecular weight excluding hydrogens is 272 g/mol. The van der Waals surface area contributed by atoms with Crippen molar-refractivity contribution >= 4 is 17.6 Å². The minimum atomic E-state index is -0.880. The highest BCUT2D eigenvalue weighted by atomic mass is 16.5. The van der Waals surface area contributed by atoms with Crippen molar-refractivity contribution in [2.24, 2.45) is 17.7 Å². The fraction of sp³-hybridized carbons (Fsp3) is 0.467. The molecule has 0 aromatic heterocycles. The molecule has 1 aliphatic carbocycles. The normalized spacial score (nSPS) is 20.7. The van der Waals surface area contributed by atoms with Gasteiger partial charge in [0.15, 0.2) is 0 Å². The highest BCUT2D eigenvalue weighted by Crippen LogP contribution is 2.30. The first-order chi connectivity index (χ1) is 10.1. The van der Waals surface area contributed by atoms with E-state index in [9.17, 15) is 9.59 Å². The van der Waals surface area contributed by atoms with Crippen molar-refractivity contribution in [3.63, 3.8) is 0 Å². The number of hydrogen-bond donors (Lipinski definition) is 3.